The van der Waals surface area contributed by atoms with Crippen LogP contribution in [-0.2, 0) is 11.3 Å². The zero-order valence-corrected chi connectivity index (χ0v) is 11.0. The first-order valence-electron chi connectivity index (χ1n) is 6.77. The van der Waals surface area contributed by atoms with Gasteiger partial charge in [0.1, 0.15) is 0 Å². The van der Waals surface area contributed by atoms with Crippen LogP contribution in [-0.4, -0.2) is 19.0 Å². The van der Waals surface area contributed by atoms with E-state index in [0.717, 1.165) is 44.3 Å². The Balaban J connectivity index is 1.95. The maximum atomic E-state index is 12.4. The molecule has 0 radical (unpaired) electrons. The average Bonchev–Trinajstić information content (AvgIpc) is 2.90. The SMILES string of the molecule is CCCC1(C(=O)NCc2ccoc2)CCCNC1. The van der Waals surface area contributed by atoms with Crippen molar-refractivity contribution in [3.8, 4) is 0 Å². The summed E-state index contributed by atoms with van der Waals surface area (Å²) >= 11 is 0. The van der Waals surface area contributed by atoms with Gasteiger partial charge < -0.3 is 15.1 Å². The minimum absolute atomic E-state index is 0.178. The van der Waals surface area contributed by atoms with Gasteiger partial charge in [-0.1, -0.05) is 13.3 Å². The van der Waals surface area contributed by atoms with Crippen molar-refractivity contribution in [1.29, 1.82) is 0 Å². The Morgan fingerprint density at radius 3 is 3.11 bits per heavy atom. The lowest BCUT2D eigenvalue weighted by molar-refractivity contribution is -0.132. The van der Waals surface area contributed by atoms with E-state index < -0.39 is 0 Å². The summed E-state index contributed by atoms with van der Waals surface area (Å²) in [5.74, 6) is 0.178. The molecule has 1 aromatic heterocycles. The monoisotopic (exact) mass is 250 g/mol. The van der Waals surface area contributed by atoms with Gasteiger partial charge in [-0.2, -0.15) is 0 Å². The van der Waals surface area contributed by atoms with Crippen LogP contribution in [0.1, 0.15) is 38.2 Å². The molecular formula is C14H22N2O2. The molecule has 1 unspecified atom stereocenters. The lowest BCUT2D eigenvalue weighted by atomic mass is 9.76. The zero-order chi connectivity index (χ0) is 12.8. The van der Waals surface area contributed by atoms with Crippen LogP contribution >= 0.6 is 0 Å². The number of nitrogens with one attached hydrogen (secondary N) is 2. The fourth-order valence-corrected chi connectivity index (χ4v) is 2.73. The molecule has 100 valence electrons. The summed E-state index contributed by atoms with van der Waals surface area (Å²) in [4.78, 5) is 12.4. The predicted octanol–water partition coefficient (Wildman–Crippen LogP) is 2.07. The zero-order valence-electron chi connectivity index (χ0n) is 11.0. The van der Waals surface area contributed by atoms with Crippen LogP contribution in [0.4, 0.5) is 0 Å². The number of furan rings is 1. The van der Waals surface area contributed by atoms with Crippen molar-refractivity contribution in [2.75, 3.05) is 13.1 Å². The number of piperidine rings is 1. The molecule has 2 heterocycles. The molecule has 1 aliphatic rings. The van der Waals surface area contributed by atoms with E-state index in [1.165, 1.54) is 0 Å². The van der Waals surface area contributed by atoms with Crippen molar-refractivity contribution in [1.82, 2.24) is 10.6 Å². The van der Waals surface area contributed by atoms with Crippen molar-refractivity contribution in [2.45, 2.75) is 39.2 Å². The van der Waals surface area contributed by atoms with Gasteiger partial charge in [0.2, 0.25) is 5.91 Å². The molecule has 4 nitrogen and oxygen atoms in total. The molecular weight excluding hydrogens is 228 g/mol. The van der Waals surface area contributed by atoms with E-state index in [1.54, 1.807) is 12.5 Å². The number of carbonyl (C=O) groups excluding carboxylic acids is 1. The first-order chi connectivity index (χ1) is 8.77. The smallest absolute Gasteiger partial charge is 0.227 e. The molecule has 18 heavy (non-hydrogen) atoms. The quantitative estimate of drug-likeness (QED) is 0.841. The minimum Gasteiger partial charge on any atom is -0.472 e. The fraction of sp³-hybridized carbons (Fsp3) is 0.643. The highest BCUT2D eigenvalue weighted by Crippen LogP contribution is 2.31. The first-order valence-corrected chi connectivity index (χ1v) is 6.77. The number of hydrogen-bond acceptors (Lipinski definition) is 3. The second-order valence-electron chi connectivity index (χ2n) is 5.12. The lowest BCUT2D eigenvalue weighted by Crippen LogP contribution is -2.50. The Hall–Kier alpha value is -1.29. The summed E-state index contributed by atoms with van der Waals surface area (Å²) in [6, 6.07) is 1.88. The Bertz CT molecular complexity index is 362. The standard InChI is InChI=1S/C14H22N2O2/c1-2-5-14(6-3-7-15-11-14)13(17)16-9-12-4-8-18-10-12/h4,8,10,15H,2-3,5-7,9,11H2,1H3,(H,16,17). The van der Waals surface area contributed by atoms with Crippen LogP contribution in [0.3, 0.4) is 0 Å². The van der Waals surface area contributed by atoms with E-state index in [-0.39, 0.29) is 11.3 Å². The van der Waals surface area contributed by atoms with Crippen molar-refractivity contribution in [3.05, 3.63) is 24.2 Å². The summed E-state index contributed by atoms with van der Waals surface area (Å²) in [6.45, 7) is 4.53. The van der Waals surface area contributed by atoms with Gasteiger partial charge in [-0.05, 0) is 31.9 Å². The molecule has 0 bridgehead atoms. The highest BCUT2D eigenvalue weighted by Gasteiger charge is 2.38. The van der Waals surface area contributed by atoms with Crippen LogP contribution in [0.25, 0.3) is 0 Å². The molecule has 1 amide bonds. The number of amides is 1. The van der Waals surface area contributed by atoms with E-state index in [4.69, 9.17) is 4.42 Å². The number of hydrogen-bond donors (Lipinski definition) is 2. The highest BCUT2D eigenvalue weighted by molar-refractivity contribution is 5.83. The van der Waals surface area contributed by atoms with Crippen molar-refractivity contribution in [3.63, 3.8) is 0 Å². The third kappa shape index (κ3) is 2.93. The molecule has 1 atom stereocenters. The van der Waals surface area contributed by atoms with Gasteiger partial charge in [0.15, 0.2) is 0 Å². The summed E-state index contributed by atoms with van der Waals surface area (Å²) in [5.41, 5.74) is 0.801. The van der Waals surface area contributed by atoms with Crippen molar-refractivity contribution in [2.24, 2.45) is 5.41 Å². The molecule has 2 N–H and O–H groups in total. The Kier molecular flexibility index (Phi) is 4.42. The maximum absolute atomic E-state index is 12.4. The summed E-state index contributed by atoms with van der Waals surface area (Å²) in [6.07, 6.45) is 7.37. The summed E-state index contributed by atoms with van der Waals surface area (Å²) in [7, 11) is 0. The topological polar surface area (TPSA) is 54.3 Å². The van der Waals surface area contributed by atoms with Crippen LogP contribution in [0.5, 0.6) is 0 Å². The van der Waals surface area contributed by atoms with Gasteiger partial charge in [-0.25, -0.2) is 0 Å². The minimum atomic E-state index is -0.212. The first kappa shape index (κ1) is 13.1. The van der Waals surface area contributed by atoms with Gasteiger partial charge in [-0.3, -0.25) is 4.79 Å². The maximum Gasteiger partial charge on any atom is 0.227 e. The fourth-order valence-electron chi connectivity index (χ4n) is 2.73. The van der Waals surface area contributed by atoms with Gasteiger partial charge in [0.25, 0.3) is 0 Å². The lowest BCUT2D eigenvalue weighted by Gasteiger charge is -2.36. The van der Waals surface area contributed by atoms with Gasteiger partial charge >= 0.3 is 0 Å². The third-order valence-corrected chi connectivity index (χ3v) is 3.72. The number of carbonyl (C=O) groups is 1. The molecule has 1 fully saturated rings. The van der Waals surface area contributed by atoms with E-state index in [0.29, 0.717) is 6.54 Å². The molecule has 0 aliphatic carbocycles. The molecule has 1 aliphatic heterocycles. The van der Waals surface area contributed by atoms with E-state index in [1.807, 2.05) is 6.07 Å². The molecule has 4 heteroatoms. The third-order valence-electron chi connectivity index (χ3n) is 3.72. The van der Waals surface area contributed by atoms with Crippen LogP contribution in [0.2, 0.25) is 0 Å². The molecule has 1 saturated heterocycles. The second kappa shape index (κ2) is 6.05. The van der Waals surface area contributed by atoms with Gasteiger partial charge in [-0.15, -0.1) is 0 Å². The Labute approximate surface area is 108 Å². The molecule has 2 rings (SSSR count). The van der Waals surface area contributed by atoms with E-state index in [9.17, 15) is 4.79 Å². The highest BCUT2D eigenvalue weighted by atomic mass is 16.3. The number of rotatable bonds is 5. The molecule has 1 aromatic rings. The van der Waals surface area contributed by atoms with Gasteiger partial charge in [0.05, 0.1) is 17.9 Å². The molecule has 0 aromatic carbocycles. The predicted molar refractivity (Wildman–Crippen MR) is 70.0 cm³/mol. The van der Waals surface area contributed by atoms with Crippen LogP contribution in [0.15, 0.2) is 23.0 Å². The van der Waals surface area contributed by atoms with Crippen molar-refractivity contribution < 1.29 is 9.21 Å². The average molecular weight is 250 g/mol. The van der Waals surface area contributed by atoms with Crippen LogP contribution < -0.4 is 10.6 Å². The molecule has 0 saturated carbocycles. The van der Waals surface area contributed by atoms with Crippen molar-refractivity contribution >= 4 is 5.91 Å². The normalized spacial score (nSPS) is 23.8. The molecule has 0 spiro atoms. The van der Waals surface area contributed by atoms with Gasteiger partial charge in [0, 0.05) is 18.7 Å². The van der Waals surface area contributed by atoms with E-state index >= 15 is 0 Å². The van der Waals surface area contributed by atoms with E-state index in [2.05, 4.69) is 17.6 Å². The summed E-state index contributed by atoms with van der Waals surface area (Å²) < 4.78 is 5.00. The second-order valence-corrected chi connectivity index (χ2v) is 5.12. The summed E-state index contributed by atoms with van der Waals surface area (Å²) in [5, 5.41) is 6.40. The Morgan fingerprint density at radius 2 is 2.50 bits per heavy atom. The Morgan fingerprint density at radius 1 is 1.61 bits per heavy atom. The van der Waals surface area contributed by atoms with Crippen LogP contribution in [0, 0.1) is 5.41 Å². The largest absolute Gasteiger partial charge is 0.472 e.